The molecule has 1 aliphatic heterocycles. The fraction of sp³-hybridized carbons (Fsp3) is 0.346. The minimum absolute atomic E-state index is 0.203. The summed E-state index contributed by atoms with van der Waals surface area (Å²) in [6, 6.07) is 9.26. The number of nitrogens with zero attached hydrogens (tertiary/aromatic N) is 3. The van der Waals surface area contributed by atoms with Crippen LogP contribution in [0.1, 0.15) is 19.8 Å². The van der Waals surface area contributed by atoms with E-state index in [4.69, 9.17) is 30.2 Å². The number of esters is 1. The van der Waals surface area contributed by atoms with Crippen molar-refractivity contribution in [3.8, 4) is 11.5 Å². The van der Waals surface area contributed by atoms with Crippen LogP contribution < -0.4 is 14.8 Å². The molecule has 0 bridgehead atoms. The van der Waals surface area contributed by atoms with Crippen LogP contribution >= 0.6 is 11.6 Å². The summed E-state index contributed by atoms with van der Waals surface area (Å²) in [5, 5.41) is 5.37. The Morgan fingerprint density at radius 1 is 1.22 bits per heavy atom. The molecule has 36 heavy (non-hydrogen) atoms. The molecule has 188 valence electrons. The summed E-state index contributed by atoms with van der Waals surface area (Å²) in [5.41, 5.74) is 2.10. The Kier molecular flexibility index (Phi) is 7.11. The van der Waals surface area contributed by atoms with Gasteiger partial charge in [0.25, 0.3) is 0 Å². The topological polar surface area (TPSA) is 98.9 Å². The second kappa shape index (κ2) is 10.6. The molecule has 0 spiro atoms. The van der Waals surface area contributed by atoms with Crippen molar-refractivity contribution < 1.29 is 23.4 Å². The smallest absolute Gasteiger partial charge is 0.303 e. The van der Waals surface area contributed by atoms with Crippen LogP contribution in [0, 0.1) is 0 Å². The van der Waals surface area contributed by atoms with Crippen molar-refractivity contribution in [2.75, 3.05) is 38.7 Å². The number of furan rings is 1. The highest BCUT2D eigenvalue weighted by atomic mass is 35.5. The number of methoxy groups -OCH3 is 1. The molecule has 4 aromatic rings. The van der Waals surface area contributed by atoms with Crippen molar-refractivity contribution in [2.45, 2.75) is 25.9 Å². The number of carbonyl (C=O) groups is 1. The molecule has 0 aliphatic carbocycles. The molecule has 1 saturated heterocycles. The van der Waals surface area contributed by atoms with E-state index in [1.165, 1.54) is 19.5 Å². The number of benzene rings is 2. The summed E-state index contributed by atoms with van der Waals surface area (Å²) in [6.45, 7) is 4.25. The number of aromatic nitrogens is 2. The van der Waals surface area contributed by atoms with Crippen LogP contribution in [-0.4, -0.2) is 60.3 Å². The third-order valence-corrected chi connectivity index (χ3v) is 6.42. The fourth-order valence-corrected chi connectivity index (χ4v) is 4.75. The lowest BCUT2D eigenvalue weighted by molar-refractivity contribution is -0.148. The van der Waals surface area contributed by atoms with E-state index in [0.717, 1.165) is 42.4 Å². The van der Waals surface area contributed by atoms with Crippen LogP contribution in [0.2, 0.25) is 5.02 Å². The van der Waals surface area contributed by atoms with Gasteiger partial charge in [0.15, 0.2) is 11.5 Å². The number of hydrogen-bond donors (Lipinski definition) is 1. The van der Waals surface area contributed by atoms with Crippen LogP contribution in [0.25, 0.3) is 21.9 Å². The van der Waals surface area contributed by atoms with E-state index in [0.29, 0.717) is 40.0 Å². The normalized spacial score (nSPS) is 14.8. The molecule has 0 saturated carbocycles. The summed E-state index contributed by atoms with van der Waals surface area (Å²) in [5.74, 6) is 1.28. The van der Waals surface area contributed by atoms with Crippen molar-refractivity contribution in [1.29, 1.82) is 0 Å². The Hall–Kier alpha value is -3.56. The first-order valence-corrected chi connectivity index (χ1v) is 12.2. The Balaban J connectivity index is 1.41. The lowest BCUT2D eigenvalue weighted by atomic mass is 10.2. The maximum absolute atomic E-state index is 11.7. The van der Waals surface area contributed by atoms with E-state index >= 15 is 0 Å². The minimum atomic E-state index is -0.385. The number of halogens is 1. The average molecular weight is 511 g/mol. The van der Waals surface area contributed by atoms with Crippen molar-refractivity contribution >= 4 is 50.9 Å². The molecule has 1 atom stereocenters. The van der Waals surface area contributed by atoms with Gasteiger partial charge in [0.2, 0.25) is 0 Å². The zero-order valence-corrected chi connectivity index (χ0v) is 20.9. The van der Waals surface area contributed by atoms with Crippen molar-refractivity contribution in [2.24, 2.45) is 0 Å². The first-order chi connectivity index (χ1) is 17.5. The molecule has 0 amide bonds. The number of nitrogens with one attached hydrogen (secondary N) is 1. The van der Waals surface area contributed by atoms with Gasteiger partial charge in [-0.15, -0.1) is 0 Å². The van der Waals surface area contributed by atoms with Gasteiger partial charge in [-0.05, 0) is 44.1 Å². The lowest BCUT2D eigenvalue weighted by Gasteiger charge is -2.23. The van der Waals surface area contributed by atoms with Gasteiger partial charge in [0, 0.05) is 24.9 Å². The molecule has 3 heterocycles. The zero-order valence-electron chi connectivity index (χ0n) is 20.1. The maximum atomic E-state index is 11.7. The van der Waals surface area contributed by atoms with E-state index in [1.807, 2.05) is 24.3 Å². The number of ether oxygens (including phenoxy) is 3. The Labute approximate surface area is 213 Å². The number of hydrogen-bond acceptors (Lipinski definition) is 9. The van der Waals surface area contributed by atoms with Gasteiger partial charge in [-0.1, -0.05) is 17.7 Å². The highest BCUT2D eigenvalue weighted by molar-refractivity contribution is 6.36. The zero-order chi connectivity index (χ0) is 25.1. The second-order valence-electron chi connectivity index (χ2n) is 8.68. The van der Waals surface area contributed by atoms with Crippen LogP contribution in [0.3, 0.4) is 0 Å². The van der Waals surface area contributed by atoms with Crippen molar-refractivity contribution in [3.63, 3.8) is 0 Å². The number of carbonyl (C=O) groups excluding carboxylic acids is 1. The highest BCUT2D eigenvalue weighted by Gasteiger charge is 2.22. The van der Waals surface area contributed by atoms with Crippen LogP contribution in [-0.2, 0) is 9.53 Å². The fourth-order valence-electron chi connectivity index (χ4n) is 4.51. The van der Waals surface area contributed by atoms with Crippen molar-refractivity contribution in [3.05, 3.63) is 47.9 Å². The van der Waals surface area contributed by atoms with Crippen LogP contribution in [0.15, 0.2) is 47.3 Å². The summed E-state index contributed by atoms with van der Waals surface area (Å²) >= 11 is 6.34. The Morgan fingerprint density at radius 3 is 2.83 bits per heavy atom. The predicted octanol–water partition coefficient (Wildman–Crippen LogP) is 5.19. The van der Waals surface area contributed by atoms with Crippen LogP contribution in [0.5, 0.6) is 11.5 Å². The molecule has 1 aliphatic rings. The monoisotopic (exact) mass is 510 g/mol. The van der Waals surface area contributed by atoms with Gasteiger partial charge in [0.1, 0.15) is 36.7 Å². The van der Waals surface area contributed by atoms with E-state index < -0.39 is 0 Å². The van der Waals surface area contributed by atoms with E-state index in [9.17, 15) is 4.79 Å². The third kappa shape index (κ3) is 5.17. The standard InChI is InChI=1S/C26H27ClN4O5/c1-16(32)36-17(12-31-8-3-4-9-31)13-34-24-11-21-18(10-23(24)33-2)26(29-15-28-21)30-20-6-5-7-22-25(20)19(27)14-35-22/h5-7,10-11,14-15,17H,3-4,8-9,12-13H2,1-2H3,(H,28,29,30). The second-order valence-corrected chi connectivity index (χ2v) is 9.09. The molecule has 1 fully saturated rings. The molecule has 5 rings (SSSR count). The summed E-state index contributed by atoms with van der Waals surface area (Å²) in [6.07, 6.45) is 4.92. The molecular formula is C26H27ClN4O5. The summed E-state index contributed by atoms with van der Waals surface area (Å²) < 4.78 is 22.7. The van der Waals surface area contributed by atoms with E-state index in [1.54, 1.807) is 13.2 Å². The number of rotatable bonds is 9. The average Bonchev–Trinajstić information content (AvgIpc) is 3.52. The van der Waals surface area contributed by atoms with Gasteiger partial charge in [-0.2, -0.15) is 0 Å². The molecule has 10 heteroatoms. The Bertz CT molecular complexity index is 1390. The quantitative estimate of drug-likeness (QED) is 0.305. The molecule has 1 N–H and O–H groups in total. The third-order valence-electron chi connectivity index (χ3n) is 6.15. The molecule has 2 aromatic carbocycles. The van der Waals surface area contributed by atoms with Crippen molar-refractivity contribution in [1.82, 2.24) is 14.9 Å². The predicted molar refractivity (Wildman–Crippen MR) is 137 cm³/mol. The van der Waals surface area contributed by atoms with E-state index in [-0.39, 0.29) is 18.7 Å². The minimum Gasteiger partial charge on any atom is -0.493 e. The molecule has 1 unspecified atom stereocenters. The van der Waals surface area contributed by atoms with E-state index in [2.05, 4.69) is 20.2 Å². The first-order valence-electron chi connectivity index (χ1n) is 11.8. The molecule has 2 aromatic heterocycles. The molecule has 9 nitrogen and oxygen atoms in total. The first kappa shape index (κ1) is 24.1. The number of anilines is 2. The SMILES string of the molecule is COc1cc2c(Nc3cccc4occ(Cl)c34)ncnc2cc1OCC(CN1CCCC1)OC(C)=O. The maximum Gasteiger partial charge on any atom is 0.303 e. The highest BCUT2D eigenvalue weighted by Crippen LogP contribution is 2.37. The van der Waals surface area contributed by atoms with Gasteiger partial charge >= 0.3 is 5.97 Å². The van der Waals surface area contributed by atoms with Gasteiger partial charge < -0.3 is 23.9 Å². The van der Waals surface area contributed by atoms with Gasteiger partial charge in [0.05, 0.1) is 28.7 Å². The largest absolute Gasteiger partial charge is 0.493 e. The lowest BCUT2D eigenvalue weighted by Crippen LogP contribution is -2.36. The molecular weight excluding hydrogens is 484 g/mol. The summed E-state index contributed by atoms with van der Waals surface area (Å²) in [4.78, 5) is 22.8. The number of fused-ring (bicyclic) bond motifs is 2. The number of likely N-dealkylation sites (tertiary alicyclic amines) is 1. The summed E-state index contributed by atoms with van der Waals surface area (Å²) in [7, 11) is 1.57. The van der Waals surface area contributed by atoms with Gasteiger partial charge in [-0.3, -0.25) is 9.69 Å². The van der Waals surface area contributed by atoms with Crippen LogP contribution in [0.4, 0.5) is 11.5 Å². The molecule has 0 radical (unpaired) electrons. The van der Waals surface area contributed by atoms with Gasteiger partial charge in [-0.25, -0.2) is 9.97 Å². The Morgan fingerprint density at radius 2 is 2.06 bits per heavy atom.